The number of rotatable bonds is 9. The van der Waals surface area contributed by atoms with Crippen LogP contribution in [0.2, 0.25) is 15.1 Å². The first kappa shape index (κ1) is 36.1. The second kappa shape index (κ2) is 17.8. The van der Waals surface area contributed by atoms with Crippen LogP contribution < -0.4 is 14.2 Å². The molecule has 0 amide bonds. The van der Waals surface area contributed by atoms with Gasteiger partial charge >= 0.3 is 0 Å². The highest BCUT2D eigenvalue weighted by molar-refractivity contribution is 6.33. The minimum atomic E-state index is -0.605. The SMILES string of the molecule is COc1cc(C(C)=O)cc(CO)c1Cl.COc1cc(C(C)O)cc(CO)c1Cl.COc1cc(C=O)cc(CO)c1Cl. The number of methoxy groups -OCH3 is 3. The number of benzene rings is 3. The van der Waals surface area contributed by atoms with Crippen LogP contribution in [0.25, 0.3) is 0 Å². The summed E-state index contributed by atoms with van der Waals surface area (Å²) in [5.74, 6) is 1.18. The molecule has 4 N–H and O–H groups in total. The lowest BCUT2D eigenvalue weighted by molar-refractivity contribution is 0.101. The summed E-state index contributed by atoms with van der Waals surface area (Å²) in [6.07, 6.45) is 0.0735. The highest BCUT2D eigenvalue weighted by atomic mass is 35.5. The Morgan fingerprint density at radius 3 is 1.56 bits per heavy atom. The van der Waals surface area contributed by atoms with Gasteiger partial charge in [0.05, 0.1) is 62.3 Å². The van der Waals surface area contributed by atoms with Crippen LogP contribution >= 0.6 is 34.8 Å². The Kier molecular flexibility index (Phi) is 15.7. The number of ether oxygens (including phenoxy) is 3. The number of carbonyl (C=O) groups excluding carboxylic acids is 2. The average molecular weight is 632 g/mol. The number of aliphatic hydroxyl groups is 4. The molecule has 224 valence electrons. The number of halogens is 3. The Morgan fingerprint density at radius 1 is 0.756 bits per heavy atom. The standard InChI is InChI=1S/C10H13ClO3.C10H11ClO3.C9H9ClO3/c2*1-6(13)7-3-8(5-12)10(11)9(4-7)14-2;1-13-8-3-6(4-11)2-7(5-12)9(8)10/h3-4,6,12-13H,5H2,1-2H3;3-4,12H,5H2,1-2H3;2-4,12H,5H2,1H3. The van der Waals surface area contributed by atoms with Crippen LogP contribution in [0.1, 0.15) is 62.9 Å². The van der Waals surface area contributed by atoms with E-state index < -0.39 is 6.10 Å². The number of Topliss-reactive ketones (excluding diaryl/α,β-unsaturated/α-hetero) is 1. The number of carbonyl (C=O) groups is 2. The van der Waals surface area contributed by atoms with Crippen molar-refractivity contribution in [1.82, 2.24) is 0 Å². The normalized spacial score (nSPS) is 10.8. The van der Waals surface area contributed by atoms with Crippen molar-refractivity contribution in [1.29, 1.82) is 0 Å². The predicted molar refractivity (Wildman–Crippen MR) is 158 cm³/mol. The largest absolute Gasteiger partial charge is 0.495 e. The molecular formula is C29H33Cl3O9. The zero-order valence-electron chi connectivity index (χ0n) is 23.2. The molecule has 0 aliphatic carbocycles. The maximum absolute atomic E-state index is 11.1. The van der Waals surface area contributed by atoms with E-state index in [1.54, 1.807) is 31.2 Å². The number of ketones is 1. The maximum atomic E-state index is 11.1. The summed E-state index contributed by atoms with van der Waals surface area (Å²) in [6.45, 7) is 2.50. The first-order valence-corrected chi connectivity index (χ1v) is 13.1. The third kappa shape index (κ3) is 10.2. The van der Waals surface area contributed by atoms with Crippen LogP contribution in [0.5, 0.6) is 17.2 Å². The van der Waals surface area contributed by atoms with Gasteiger partial charge in [-0.1, -0.05) is 34.8 Å². The lowest BCUT2D eigenvalue weighted by atomic mass is 10.1. The second-order valence-corrected chi connectivity index (χ2v) is 9.50. The molecule has 0 bridgehead atoms. The molecule has 0 aliphatic rings. The summed E-state index contributed by atoms with van der Waals surface area (Å²) in [6, 6.07) is 9.49. The van der Waals surface area contributed by atoms with Crippen LogP contribution in [0.15, 0.2) is 36.4 Å². The first-order chi connectivity index (χ1) is 19.4. The van der Waals surface area contributed by atoms with Crippen molar-refractivity contribution in [3.05, 3.63) is 84.8 Å². The van der Waals surface area contributed by atoms with Crippen molar-refractivity contribution in [3.8, 4) is 17.2 Å². The second-order valence-electron chi connectivity index (χ2n) is 8.37. The first-order valence-electron chi connectivity index (χ1n) is 12.0. The van der Waals surface area contributed by atoms with Crippen LogP contribution in [-0.2, 0) is 19.8 Å². The molecule has 1 unspecified atom stereocenters. The maximum Gasteiger partial charge on any atom is 0.159 e. The third-order valence-corrected chi connectivity index (χ3v) is 6.87. The van der Waals surface area contributed by atoms with Gasteiger partial charge in [-0.05, 0) is 55.8 Å². The van der Waals surface area contributed by atoms with Gasteiger partial charge in [-0.2, -0.15) is 0 Å². The lowest BCUT2D eigenvalue weighted by Crippen LogP contribution is -1.98. The minimum Gasteiger partial charge on any atom is -0.495 e. The molecule has 41 heavy (non-hydrogen) atoms. The van der Waals surface area contributed by atoms with E-state index in [4.69, 9.17) is 64.3 Å². The molecule has 0 aliphatic heterocycles. The van der Waals surface area contributed by atoms with Crippen LogP contribution in [0.4, 0.5) is 0 Å². The fourth-order valence-corrected chi connectivity index (χ4v) is 4.06. The Labute approximate surface area is 253 Å². The van der Waals surface area contributed by atoms with Crippen molar-refractivity contribution < 1.29 is 44.2 Å². The molecule has 0 aromatic heterocycles. The molecule has 0 spiro atoms. The van der Waals surface area contributed by atoms with Crippen LogP contribution in [-0.4, -0.2) is 53.8 Å². The average Bonchev–Trinajstić information content (AvgIpc) is 2.97. The fraction of sp³-hybridized carbons (Fsp3) is 0.310. The van der Waals surface area contributed by atoms with Crippen molar-refractivity contribution in [3.63, 3.8) is 0 Å². The van der Waals surface area contributed by atoms with Gasteiger partial charge in [0.25, 0.3) is 0 Å². The molecule has 3 aromatic rings. The number of aldehydes is 1. The summed E-state index contributed by atoms with van der Waals surface area (Å²) in [4.78, 5) is 21.6. The molecule has 9 nitrogen and oxygen atoms in total. The van der Waals surface area contributed by atoms with Gasteiger partial charge < -0.3 is 34.6 Å². The van der Waals surface area contributed by atoms with Crippen molar-refractivity contribution in [2.24, 2.45) is 0 Å². The quantitative estimate of drug-likeness (QED) is 0.176. The molecule has 0 radical (unpaired) electrons. The number of aliphatic hydroxyl groups excluding tert-OH is 4. The van der Waals surface area contributed by atoms with E-state index >= 15 is 0 Å². The van der Waals surface area contributed by atoms with Crippen LogP contribution in [0.3, 0.4) is 0 Å². The van der Waals surface area contributed by atoms with E-state index in [1.165, 1.54) is 40.4 Å². The Hall–Kier alpha value is -2.89. The third-order valence-electron chi connectivity index (χ3n) is 5.58. The molecular weight excluding hydrogens is 599 g/mol. The Balaban J connectivity index is 0.000000308. The summed E-state index contributed by atoms with van der Waals surface area (Å²) in [7, 11) is 4.41. The monoisotopic (exact) mass is 630 g/mol. The van der Waals surface area contributed by atoms with Gasteiger partial charge in [0.2, 0.25) is 0 Å². The van der Waals surface area contributed by atoms with E-state index in [-0.39, 0.29) is 25.6 Å². The Morgan fingerprint density at radius 2 is 1.17 bits per heavy atom. The van der Waals surface area contributed by atoms with Gasteiger partial charge in [0.15, 0.2) is 5.78 Å². The van der Waals surface area contributed by atoms with Gasteiger partial charge in [-0.3, -0.25) is 9.59 Å². The molecule has 12 heteroatoms. The predicted octanol–water partition coefficient (Wildman–Crippen LogP) is 5.59. The van der Waals surface area contributed by atoms with Crippen molar-refractivity contribution in [2.75, 3.05) is 21.3 Å². The molecule has 0 saturated heterocycles. The minimum absolute atomic E-state index is 0.0883. The summed E-state index contributed by atoms with van der Waals surface area (Å²) in [5.41, 5.74) is 3.14. The van der Waals surface area contributed by atoms with E-state index in [0.717, 1.165) is 0 Å². The molecule has 0 saturated carbocycles. The summed E-state index contributed by atoms with van der Waals surface area (Å²) >= 11 is 17.6. The van der Waals surface area contributed by atoms with Gasteiger partial charge in [0.1, 0.15) is 23.5 Å². The van der Waals surface area contributed by atoms with E-state index in [2.05, 4.69) is 0 Å². The highest BCUT2D eigenvalue weighted by Crippen LogP contribution is 2.32. The zero-order valence-corrected chi connectivity index (χ0v) is 25.5. The van der Waals surface area contributed by atoms with Gasteiger partial charge in [-0.15, -0.1) is 0 Å². The summed E-state index contributed by atoms with van der Waals surface area (Å²) in [5, 5.41) is 37.4. The van der Waals surface area contributed by atoms with E-state index in [0.29, 0.717) is 72.0 Å². The number of hydrogen-bond acceptors (Lipinski definition) is 9. The van der Waals surface area contributed by atoms with E-state index in [1.807, 2.05) is 0 Å². The van der Waals surface area contributed by atoms with Crippen molar-refractivity contribution >= 4 is 46.9 Å². The molecule has 0 heterocycles. The summed E-state index contributed by atoms with van der Waals surface area (Å²) < 4.78 is 14.9. The topological polar surface area (TPSA) is 143 Å². The fourth-order valence-electron chi connectivity index (χ4n) is 3.32. The smallest absolute Gasteiger partial charge is 0.159 e. The van der Waals surface area contributed by atoms with E-state index in [9.17, 15) is 14.7 Å². The zero-order chi connectivity index (χ0) is 31.3. The highest BCUT2D eigenvalue weighted by Gasteiger charge is 2.12. The lowest BCUT2D eigenvalue weighted by Gasteiger charge is -2.12. The Bertz CT molecular complexity index is 1250. The molecule has 0 fully saturated rings. The number of hydrogen-bond donors (Lipinski definition) is 4. The molecule has 1 atom stereocenters. The van der Waals surface area contributed by atoms with Crippen LogP contribution in [0, 0.1) is 0 Å². The van der Waals surface area contributed by atoms with Gasteiger partial charge in [0, 0.05) is 27.8 Å². The molecule has 3 rings (SSSR count). The molecule has 3 aromatic carbocycles. The van der Waals surface area contributed by atoms with Gasteiger partial charge in [-0.25, -0.2) is 0 Å². The van der Waals surface area contributed by atoms with Crippen molar-refractivity contribution in [2.45, 2.75) is 39.8 Å².